The van der Waals surface area contributed by atoms with E-state index >= 15 is 0 Å². The first kappa shape index (κ1) is 14.5. The second kappa shape index (κ2) is 5.59. The molecule has 0 radical (unpaired) electrons. The molecule has 1 saturated heterocycles. The number of hydrogen-bond acceptors (Lipinski definition) is 6. The second-order valence-electron chi connectivity index (χ2n) is 4.56. The van der Waals surface area contributed by atoms with Gasteiger partial charge in [0.25, 0.3) is 10.0 Å². The molecule has 0 saturated carbocycles. The van der Waals surface area contributed by atoms with Crippen molar-refractivity contribution in [3.8, 4) is 0 Å². The highest BCUT2D eigenvalue weighted by Gasteiger charge is 2.31. The number of furan rings is 1. The smallest absolute Gasteiger partial charge is 0.273 e. The van der Waals surface area contributed by atoms with Crippen LogP contribution in [0.4, 0.5) is 0 Å². The van der Waals surface area contributed by atoms with Gasteiger partial charge in [0, 0.05) is 19.6 Å². The van der Waals surface area contributed by atoms with Gasteiger partial charge in [-0.3, -0.25) is 0 Å². The van der Waals surface area contributed by atoms with Crippen LogP contribution in [0.2, 0.25) is 0 Å². The topological polar surface area (TPSA) is 101 Å². The molecule has 0 aliphatic carbocycles. The predicted molar refractivity (Wildman–Crippen MR) is 67.0 cm³/mol. The lowest BCUT2D eigenvalue weighted by Crippen LogP contribution is -2.40. The van der Waals surface area contributed by atoms with Crippen molar-refractivity contribution >= 4 is 10.0 Å². The van der Waals surface area contributed by atoms with Crippen LogP contribution in [0.1, 0.15) is 12.2 Å². The molecule has 0 spiro atoms. The van der Waals surface area contributed by atoms with Crippen LogP contribution in [0.5, 0.6) is 0 Å². The number of sulfonamides is 1. The first-order chi connectivity index (χ1) is 8.95. The molecule has 0 bridgehead atoms. The van der Waals surface area contributed by atoms with Gasteiger partial charge in [0.05, 0.1) is 13.2 Å². The van der Waals surface area contributed by atoms with E-state index in [0.29, 0.717) is 38.5 Å². The third kappa shape index (κ3) is 3.54. The number of ether oxygens (including phenoxy) is 1. The molecular formula is C11H18N2O5S. The Morgan fingerprint density at radius 3 is 2.89 bits per heavy atom. The Kier molecular flexibility index (Phi) is 4.26. The first-order valence-electron chi connectivity index (χ1n) is 5.98. The first-order valence-corrected chi connectivity index (χ1v) is 7.47. The van der Waals surface area contributed by atoms with E-state index in [-0.39, 0.29) is 5.09 Å². The van der Waals surface area contributed by atoms with Crippen molar-refractivity contribution in [3.63, 3.8) is 0 Å². The average molecular weight is 290 g/mol. The zero-order valence-corrected chi connectivity index (χ0v) is 11.5. The van der Waals surface area contributed by atoms with E-state index in [9.17, 15) is 13.5 Å². The van der Waals surface area contributed by atoms with Crippen LogP contribution in [-0.2, 0) is 21.3 Å². The van der Waals surface area contributed by atoms with Gasteiger partial charge in [0.2, 0.25) is 5.09 Å². The lowest BCUT2D eigenvalue weighted by atomic mass is 10.0. The van der Waals surface area contributed by atoms with Gasteiger partial charge in [0.1, 0.15) is 11.4 Å². The van der Waals surface area contributed by atoms with Gasteiger partial charge >= 0.3 is 0 Å². The molecule has 3 N–H and O–H groups in total. The molecule has 7 nitrogen and oxygen atoms in total. The highest BCUT2D eigenvalue weighted by Crippen LogP contribution is 2.18. The van der Waals surface area contributed by atoms with Gasteiger partial charge in [-0.25, -0.2) is 13.1 Å². The van der Waals surface area contributed by atoms with Crippen LogP contribution in [0.25, 0.3) is 0 Å². The van der Waals surface area contributed by atoms with Crippen molar-refractivity contribution in [2.24, 2.45) is 0 Å². The number of aliphatic hydroxyl groups is 1. The highest BCUT2D eigenvalue weighted by molar-refractivity contribution is 7.89. The third-order valence-electron chi connectivity index (χ3n) is 3.01. The number of nitrogens with one attached hydrogen (secondary N) is 2. The predicted octanol–water partition coefficient (Wildman–Crippen LogP) is -0.571. The largest absolute Gasteiger partial charge is 0.447 e. The van der Waals surface area contributed by atoms with E-state index < -0.39 is 15.6 Å². The minimum absolute atomic E-state index is 0.116. The average Bonchev–Trinajstić information content (AvgIpc) is 2.99. The third-order valence-corrected chi connectivity index (χ3v) is 4.29. The summed E-state index contributed by atoms with van der Waals surface area (Å²) in [6.45, 7) is 1.60. The van der Waals surface area contributed by atoms with Crippen molar-refractivity contribution in [2.75, 3.05) is 26.8 Å². The lowest BCUT2D eigenvalue weighted by Gasteiger charge is -2.20. The molecule has 1 aromatic rings. The molecule has 108 valence electrons. The van der Waals surface area contributed by atoms with Gasteiger partial charge in [-0.05, 0) is 19.2 Å². The quantitative estimate of drug-likeness (QED) is 0.648. The molecule has 2 heterocycles. The van der Waals surface area contributed by atoms with E-state index in [2.05, 4.69) is 10.0 Å². The summed E-state index contributed by atoms with van der Waals surface area (Å²) in [4.78, 5) is 0. The van der Waals surface area contributed by atoms with E-state index in [1.54, 1.807) is 6.07 Å². The SMILES string of the molecule is CNS(=O)(=O)c1ccc(CNCC2(O)CCOC2)o1. The molecule has 1 fully saturated rings. The number of rotatable bonds is 6. The summed E-state index contributed by atoms with van der Waals surface area (Å²) in [5, 5.41) is 12.9. The molecule has 2 rings (SSSR count). The summed E-state index contributed by atoms with van der Waals surface area (Å²) in [6, 6.07) is 2.99. The van der Waals surface area contributed by atoms with E-state index in [1.807, 2.05) is 0 Å². The fraction of sp³-hybridized carbons (Fsp3) is 0.636. The lowest BCUT2D eigenvalue weighted by molar-refractivity contribution is 0.0265. The minimum Gasteiger partial charge on any atom is -0.447 e. The van der Waals surface area contributed by atoms with Crippen LogP contribution in [0.15, 0.2) is 21.6 Å². The Hall–Kier alpha value is -0.930. The Labute approximate surface area is 112 Å². The van der Waals surface area contributed by atoms with Crippen molar-refractivity contribution in [2.45, 2.75) is 23.7 Å². The zero-order chi connectivity index (χ0) is 13.9. The molecule has 8 heteroatoms. The maximum atomic E-state index is 11.5. The van der Waals surface area contributed by atoms with Crippen LogP contribution >= 0.6 is 0 Å². The zero-order valence-electron chi connectivity index (χ0n) is 10.7. The molecule has 19 heavy (non-hydrogen) atoms. The molecular weight excluding hydrogens is 272 g/mol. The Balaban J connectivity index is 1.87. The van der Waals surface area contributed by atoms with Gasteiger partial charge in [-0.1, -0.05) is 0 Å². The van der Waals surface area contributed by atoms with Crippen molar-refractivity contribution in [3.05, 3.63) is 17.9 Å². The number of hydrogen-bond donors (Lipinski definition) is 3. The van der Waals surface area contributed by atoms with E-state index in [1.165, 1.54) is 13.1 Å². The summed E-state index contributed by atoms with van der Waals surface area (Å²) in [5.41, 5.74) is -0.841. The normalized spacial score (nSPS) is 23.9. The summed E-state index contributed by atoms with van der Waals surface area (Å²) >= 11 is 0. The fourth-order valence-corrected chi connectivity index (χ4v) is 2.52. The summed E-state index contributed by atoms with van der Waals surface area (Å²) < 4.78 is 35.4. The van der Waals surface area contributed by atoms with E-state index in [0.717, 1.165) is 0 Å². The molecule has 0 aromatic carbocycles. The van der Waals surface area contributed by atoms with Gasteiger partial charge in [-0.2, -0.15) is 0 Å². The van der Waals surface area contributed by atoms with Crippen molar-refractivity contribution in [1.82, 2.24) is 10.0 Å². The van der Waals surface area contributed by atoms with Crippen LogP contribution in [-0.4, -0.2) is 45.9 Å². The Morgan fingerprint density at radius 2 is 2.26 bits per heavy atom. The maximum absolute atomic E-state index is 11.5. The molecule has 1 aliphatic heterocycles. The van der Waals surface area contributed by atoms with Gasteiger partial charge < -0.3 is 19.6 Å². The van der Waals surface area contributed by atoms with Crippen LogP contribution in [0.3, 0.4) is 0 Å². The maximum Gasteiger partial charge on any atom is 0.273 e. The molecule has 1 atom stereocenters. The summed E-state index contributed by atoms with van der Waals surface area (Å²) in [5.74, 6) is 0.497. The molecule has 1 unspecified atom stereocenters. The van der Waals surface area contributed by atoms with Crippen LogP contribution in [0, 0.1) is 0 Å². The van der Waals surface area contributed by atoms with Gasteiger partial charge in [-0.15, -0.1) is 0 Å². The van der Waals surface area contributed by atoms with Crippen LogP contribution < -0.4 is 10.0 Å². The standard InChI is InChI=1S/C11H18N2O5S/c1-12-19(15,16)10-3-2-9(18-10)6-13-7-11(14)4-5-17-8-11/h2-3,12-14H,4-8H2,1H3. The minimum atomic E-state index is -3.54. The fourth-order valence-electron chi connectivity index (χ4n) is 1.85. The summed E-state index contributed by atoms with van der Waals surface area (Å²) in [7, 11) is -2.22. The van der Waals surface area contributed by atoms with E-state index in [4.69, 9.17) is 9.15 Å². The Morgan fingerprint density at radius 1 is 1.47 bits per heavy atom. The highest BCUT2D eigenvalue weighted by atomic mass is 32.2. The summed E-state index contributed by atoms with van der Waals surface area (Å²) in [6.07, 6.45) is 0.595. The van der Waals surface area contributed by atoms with Gasteiger partial charge in [0.15, 0.2) is 0 Å². The van der Waals surface area contributed by atoms with Crippen molar-refractivity contribution < 1.29 is 22.7 Å². The Bertz CT molecular complexity index is 519. The molecule has 1 aromatic heterocycles. The molecule has 0 amide bonds. The second-order valence-corrected chi connectivity index (χ2v) is 6.38. The molecule has 1 aliphatic rings. The monoisotopic (exact) mass is 290 g/mol. The van der Waals surface area contributed by atoms with Crippen molar-refractivity contribution in [1.29, 1.82) is 0 Å².